The number of carbonyl (C=O) groups excluding carboxylic acids is 2. The molecule has 4 rings (SSSR count). The molecule has 1 fully saturated rings. The largest absolute Gasteiger partial charge is 0.478 e. The van der Waals surface area contributed by atoms with Gasteiger partial charge in [0.1, 0.15) is 6.61 Å². The van der Waals surface area contributed by atoms with Crippen LogP contribution in [0.4, 0.5) is 4.79 Å². The number of carboxylic acids is 1. The predicted octanol–water partition coefficient (Wildman–Crippen LogP) is 3.84. The van der Waals surface area contributed by atoms with Crippen LogP contribution in [0.3, 0.4) is 0 Å². The van der Waals surface area contributed by atoms with E-state index in [1.165, 1.54) is 28.3 Å². The third kappa shape index (κ3) is 5.42. The fourth-order valence-corrected chi connectivity index (χ4v) is 4.91. The van der Waals surface area contributed by atoms with E-state index in [0.29, 0.717) is 0 Å². The van der Waals surface area contributed by atoms with Crippen LogP contribution in [0.5, 0.6) is 0 Å². The van der Waals surface area contributed by atoms with E-state index in [-0.39, 0.29) is 43.4 Å². The lowest BCUT2D eigenvalue weighted by Crippen LogP contribution is -2.40. The molecule has 7 nitrogen and oxygen atoms in total. The molecule has 2 unspecified atom stereocenters. The molecule has 3 N–H and O–H groups in total. The lowest BCUT2D eigenvalue weighted by molar-refractivity contribution is -0.131. The summed E-state index contributed by atoms with van der Waals surface area (Å²) in [6, 6.07) is 16.3. The molecule has 2 aromatic rings. The normalized spacial score (nSPS) is 19.2. The highest BCUT2D eigenvalue weighted by atomic mass is 16.5. The van der Waals surface area contributed by atoms with Crippen LogP contribution in [0, 0.1) is 5.92 Å². The summed E-state index contributed by atoms with van der Waals surface area (Å²) in [7, 11) is 0. The average Bonchev–Trinajstić information content (AvgIpc) is 3.37. The zero-order valence-corrected chi connectivity index (χ0v) is 18.3. The number of aliphatic carboxylic acids is 1. The van der Waals surface area contributed by atoms with Gasteiger partial charge in [-0.2, -0.15) is 0 Å². The minimum Gasteiger partial charge on any atom is -0.478 e. The summed E-state index contributed by atoms with van der Waals surface area (Å²) in [5.41, 5.74) is 4.70. The first kappa shape index (κ1) is 22.6. The first-order valence-electron chi connectivity index (χ1n) is 11.3. The molecule has 0 radical (unpaired) electrons. The van der Waals surface area contributed by atoms with Crippen LogP contribution in [-0.4, -0.2) is 42.3 Å². The molecule has 0 aliphatic heterocycles. The summed E-state index contributed by atoms with van der Waals surface area (Å²) < 4.78 is 5.64. The molecule has 0 spiro atoms. The zero-order chi connectivity index (χ0) is 23.2. The number of hydrogen-bond acceptors (Lipinski definition) is 4. The molecule has 33 heavy (non-hydrogen) atoms. The molecule has 172 valence electrons. The van der Waals surface area contributed by atoms with Gasteiger partial charge >= 0.3 is 12.1 Å². The van der Waals surface area contributed by atoms with Gasteiger partial charge in [-0.05, 0) is 41.0 Å². The summed E-state index contributed by atoms with van der Waals surface area (Å²) in [5, 5.41) is 14.2. The first-order valence-corrected chi connectivity index (χ1v) is 11.3. The molecular weight excluding hydrogens is 420 g/mol. The molecular formula is C26H28N2O5. The van der Waals surface area contributed by atoms with E-state index in [9.17, 15) is 14.4 Å². The van der Waals surface area contributed by atoms with Crippen molar-refractivity contribution in [3.05, 3.63) is 71.8 Å². The predicted molar refractivity (Wildman–Crippen MR) is 124 cm³/mol. The Morgan fingerprint density at radius 2 is 1.67 bits per heavy atom. The molecule has 2 atom stereocenters. The zero-order valence-electron chi connectivity index (χ0n) is 18.3. The highest BCUT2D eigenvalue weighted by Crippen LogP contribution is 2.44. The van der Waals surface area contributed by atoms with Gasteiger partial charge < -0.3 is 20.5 Å². The van der Waals surface area contributed by atoms with E-state index >= 15 is 0 Å². The number of amides is 2. The molecule has 2 amide bonds. The number of carbonyl (C=O) groups is 3. The average molecular weight is 449 g/mol. The van der Waals surface area contributed by atoms with Crippen molar-refractivity contribution in [2.75, 3.05) is 13.2 Å². The van der Waals surface area contributed by atoms with Crippen molar-refractivity contribution < 1.29 is 24.2 Å². The SMILES string of the molecule is O=C(O)/C=C/CNC(=O)CC1CCCC1NC(=O)OCC1c2ccccc2-c2ccccc21. The Hall–Kier alpha value is -3.61. The van der Waals surface area contributed by atoms with E-state index in [2.05, 4.69) is 34.9 Å². The monoisotopic (exact) mass is 448 g/mol. The van der Waals surface area contributed by atoms with Crippen LogP contribution >= 0.6 is 0 Å². The van der Waals surface area contributed by atoms with Crippen LogP contribution in [0.2, 0.25) is 0 Å². The Morgan fingerprint density at radius 1 is 1.00 bits per heavy atom. The lowest BCUT2D eigenvalue weighted by Gasteiger charge is -2.21. The first-order chi connectivity index (χ1) is 16.0. The molecule has 1 saturated carbocycles. The second kappa shape index (κ2) is 10.3. The van der Waals surface area contributed by atoms with Gasteiger partial charge in [0.25, 0.3) is 0 Å². The maximum atomic E-state index is 12.6. The molecule has 0 heterocycles. The van der Waals surface area contributed by atoms with Crippen molar-refractivity contribution in [3.63, 3.8) is 0 Å². The number of rotatable bonds is 8. The maximum Gasteiger partial charge on any atom is 0.407 e. The quantitative estimate of drug-likeness (QED) is 0.532. The highest BCUT2D eigenvalue weighted by molar-refractivity contribution is 5.80. The van der Waals surface area contributed by atoms with Crippen molar-refractivity contribution in [1.29, 1.82) is 0 Å². The van der Waals surface area contributed by atoms with Gasteiger partial charge in [0.2, 0.25) is 5.91 Å². The molecule has 7 heteroatoms. The number of nitrogens with one attached hydrogen (secondary N) is 2. The van der Waals surface area contributed by atoms with E-state index in [1.807, 2.05) is 24.3 Å². The van der Waals surface area contributed by atoms with Crippen molar-refractivity contribution in [1.82, 2.24) is 10.6 Å². The summed E-state index contributed by atoms with van der Waals surface area (Å²) in [5.74, 6) is -1.16. The topological polar surface area (TPSA) is 105 Å². The minimum atomic E-state index is -1.05. The Bertz CT molecular complexity index is 1020. The van der Waals surface area contributed by atoms with Crippen LogP contribution in [0.25, 0.3) is 11.1 Å². The highest BCUT2D eigenvalue weighted by Gasteiger charge is 2.32. The second-order valence-electron chi connectivity index (χ2n) is 8.52. The Kier molecular flexibility index (Phi) is 7.07. The second-order valence-corrected chi connectivity index (χ2v) is 8.52. The van der Waals surface area contributed by atoms with Crippen molar-refractivity contribution >= 4 is 18.0 Å². The maximum absolute atomic E-state index is 12.6. The van der Waals surface area contributed by atoms with E-state index in [4.69, 9.17) is 9.84 Å². The Labute approximate surface area is 192 Å². The standard InChI is InChI=1S/C26H28N2O5/c29-24(27-14-6-13-25(30)31)15-17-7-5-12-23(17)28-26(32)33-16-22-20-10-3-1-8-18(20)19-9-2-4-11-21(19)22/h1-4,6,8-11,13,17,22-23H,5,7,12,14-16H2,(H,27,29)(H,28,32)(H,30,31)/b13-6+. The van der Waals surface area contributed by atoms with Gasteiger partial charge in [-0.1, -0.05) is 61.0 Å². The summed E-state index contributed by atoms with van der Waals surface area (Å²) in [4.78, 5) is 35.2. The van der Waals surface area contributed by atoms with Gasteiger partial charge in [0, 0.05) is 31.0 Å². The summed E-state index contributed by atoms with van der Waals surface area (Å²) >= 11 is 0. The summed E-state index contributed by atoms with van der Waals surface area (Å²) in [6.07, 6.45) is 4.81. The molecule has 2 aliphatic carbocycles. The molecule has 2 aliphatic rings. The van der Waals surface area contributed by atoms with Crippen molar-refractivity contribution in [2.45, 2.75) is 37.6 Å². The lowest BCUT2D eigenvalue weighted by atomic mass is 9.98. The molecule has 0 saturated heterocycles. The van der Waals surface area contributed by atoms with Crippen molar-refractivity contribution in [3.8, 4) is 11.1 Å². The van der Waals surface area contributed by atoms with Crippen LogP contribution in [0.15, 0.2) is 60.7 Å². The van der Waals surface area contributed by atoms with Crippen LogP contribution in [0.1, 0.15) is 42.7 Å². The van der Waals surface area contributed by atoms with Gasteiger partial charge in [-0.15, -0.1) is 0 Å². The minimum absolute atomic E-state index is 0.00663. The summed E-state index contributed by atoms with van der Waals surface area (Å²) in [6.45, 7) is 0.427. The number of benzene rings is 2. The third-order valence-electron chi connectivity index (χ3n) is 6.43. The van der Waals surface area contributed by atoms with Gasteiger partial charge in [0.15, 0.2) is 0 Å². The van der Waals surface area contributed by atoms with Gasteiger partial charge in [-0.25, -0.2) is 9.59 Å². The number of alkyl carbamates (subject to hydrolysis) is 1. The number of ether oxygens (including phenoxy) is 1. The van der Waals surface area contributed by atoms with E-state index in [0.717, 1.165) is 25.3 Å². The Morgan fingerprint density at radius 3 is 2.33 bits per heavy atom. The smallest absolute Gasteiger partial charge is 0.407 e. The fourth-order valence-electron chi connectivity index (χ4n) is 4.91. The van der Waals surface area contributed by atoms with Crippen molar-refractivity contribution in [2.24, 2.45) is 5.92 Å². The van der Waals surface area contributed by atoms with Gasteiger partial charge in [-0.3, -0.25) is 4.79 Å². The fraction of sp³-hybridized carbons (Fsp3) is 0.346. The van der Waals surface area contributed by atoms with Crippen LogP contribution < -0.4 is 10.6 Å². The van der Waals surface area contributed by atoms with E-state index < -0.39 is 12.1 Å². The van der Waals surface area contributed by atoms with E-state index in [1.54, 1.807) is 0 Å². The third-order valence-corrected chi connectivity index (χ3v) is 6.43. The number of hydrogen-bond donors (Lipinski definition) is 3. The molecule has 0 aromatic heterocycles. The Balaban J connectivity index is 1.29. The number of carboxylic acid groups (broad SMARTS) is 1. The van der Waals surface area contributed by atoms with Crippen LogP contribution in [-0.2, 0) is 14.3 Å². The van der Waals surface area contributed by atoms with Gasteiger partial charge in [0.05, 0.1) is 0 Å². The molecule has 2 aromatic carbocycles. The number of fused-ring (bicyclic) bond motifs is 3. The molecule has 0 bridgehead atoms.